The Balaban J connectivity index is 1.60. The number of hydrogen-bond donors (Lipinski definition) is 1. The molecule has 0 bridgehead atoms. The van der Waals surface area contributed by atoms with Crippen LogP contribution in [0, 0.1) is 0 Å². The van der Waals surface area contributed by atoms with Gasteiger partial charge in [-0.25, -0.2) is 0 Å². The lowest BCUT2D eigenvalue weighted by Gasteiger charge is -2.28. The van der Waals surface area contributed by atoms with Gasteiger partial charge in [-0.1, -0.05) is 0 Å². The van der Waals surface area contributed by atoms with Crippen molar-refractivity contribution in [1.82, 2.24) is 14.7 Å². The number of fused-ring (bicyclic) bond motifs is 2. The van der Waals surface area contributed by atoms with Crippen LogP contribution in [0.3, 0.4) is 0 Å². The average Bonchev–Trinajstić information content (AvgIpc) is 3.23. The number of benzene rings is 1. The number of hydrogen-bond acceptors (Lipinski definition) is 5. The van der Waals surface area contributed by atoms with Crippen LogP contribution in [-0.2, 0) is 26.1 Å². The number of carbonyl (C=O) groups excluding carboxylic acids is 1. The van der Waals surface area contributed by atoms with Gasteiger partial charge in [0.15, 0.2) is 11.5 Å². The molecule has 7 nitrogen and oxygen atoms in total. The number of nitrogens with zero attached hydrogens (tertiary/aromatic N) is 3. The Morgan fingerprint density at radius 2 is 2.17 bits per heavy atom. The summed E-state index contributed by atoms with van der Waals surface area (Å²) < 4.78 is 12.6. The molecule has 1 aromatic heterocycles. The Hall–Kier alpha value is -2.54. The predicted molar refractivity (Wildman–Crippen MR) is 84.8 cm³/mol. The zero-order valence-corrected chi connectivity index (χ0v) is 13.5. The van der Waals surface area contributed by atoms with E-state index < -0.39 is 0 Å². The number of ether oxygens (including phenoxy) is 2. The van der Waals surface area contributed by atoms with E-state index in [1.807, 2.05) is 11.6 Å². The molecule has 0 unspecified atom stereocenters. The van der Waals surface area contributed by atoms with Crippen molar-refractivity contribution in [2.75, 3.05) is 13.3 Å². The van der Waals surface area contributed by atoms with Gasteiger partial charge in [-0.05, 0) is 25.1 Å². The van der Waals surface area contributed by atoms with Crippen LogP contribution < -0.4 is 9.47 Å². The van der Waals surface area contributed by atoms with Gasteiger partial charge in [0.1, 0.15) is 0 Å². The lowest BCUT2D eigenvalue weighted by molar-refractivity contribution is 0.0731. The fourth-order valence-electron chi connectivity index (χ4n) is 3.34. The van der Waals surface area contributed by atoms with E-state index in [-0.39, 0.29) is 19.3 Å². The number of rotatable bonds is 3. The molecule has 4 rings (SSSR count). The topological polar surface area (TPSA) is 76.8 Å². The van der Waals surface area contributed by atoms with Gasteiger partial charge in [0.05, 0.1) is 12.3 Å². The van der Waals surface area contributed by atoms with Crippen molar-refractivity contribution in [1.29, 1.82) is 0 Å². The molecule has 1 aromatic carbocycles. The molecule has 1 amide bonds. The molecular formula is C17H19N3O4. The van der Waals surface area contributed by atoms with Crippen LogP contribution in [0.1, 0.15) is 34.2 Å². The third-order valence-corrected chi connectivity index (χ3v) is 4.57. The molecule has 24 heavy (non-hydrogen) atoms. The molecule has 7 heteroatoms. The summed E-state index contributed by atoms with van der Waals surface area (Å²) >= 11 is 0. The van der Waals surface area contributed by atoms with E-state index in [0.717, 1.165) is 24.2 Å². The van der Waals surface area contributed by atoms with E-state index in [2.05, 4.69) is 5.10 Å². The summed E-state index contributed by atoms with van der Waals surface area (Å²) in [6.07, 6.45) is 0.743. The van der Waals surface area contributed by atoms with Crippen LogP contribution in [0.4, 0.5) is 0 Å². The highest BCUT2D eigenvalue weighted by Crippen LogP contribution is 2.33. The smallest absolute Gasteiger partial charge is 0.254 e. The maximum Gasteiger partial charge on any atom is 0.254 e. The second-order valence-corrected chi connectivity index (χ2v) is 5.89. The lowest BCUT2D eigenvalue weighted by atomic mass is 10.0. The van der Waals surface area contributed by atoms with Gasteiger partial charge in [0.2, 0.25) is 6.79 Å². The standard InChI is InChI=1S/C17H19N3O4/c1-2-20-14-5-6-19(8-12(14)13(9-21)18-20)17(22)11-3-4-15-16(7-11)24-10-23-15/h3-4,7,21H,2,5-6,8-10H2,1H3. The number of amides is 1. The Kier molecular flexibility index (Phi) is 3.65. The molecule has 0 fully saturated rings. The van der Waals surface area contributed by atoms with Gasteiger partial charge in [-0.2, -0.15) is 5.10 Å². The Bertz CT molecular complexity index is 799. The molecule has 3 heterocycles. The van der Waals surface area contributed by atoms with Crippen molar-refractivity contribution in [2.45, 2.75) is 33.0 Å². The summed E-state index contributed by atoms with van der Waals surface area (Å²) in [5.74, 6) is 1.22. The first-order chi connectivity index (χ1) is 11.7. The molecule has 0 aliphatic carbocycles. The first kappa shape index (κ1) is 15.0. The molecule has 2 aliphatic heterocycles. The van der Waals surface area contributed by atoms with Crippen LogP contribution in [0.2, 0.25) is 0 Å². The molecule has 0 atom stereocenters. The third-order valence-electron chi connectivity index (χ3n) is 4.57. The van der Waals surface area contributed by atoms with E-state index in [0.29, 0.717) is 35.8 Å². The minimum absolute atomic E-state index is 0.0490. The van der Waals surface area contributed by atoms with Gasteiger partial charge in [0, 0.05) is 42.9 Å². The van der Waals surface area contributed by atoms with Gasteiger partial charge >= 0.3 is 0 Å². The molecule has 0 saturated heterocycles. The van der Waals surface area contributed by atoms with Crippen molar-refractivity contribution in [3.63, 3.8) is 0 Å². The van der Waals surface area contributed by atoms with Crippen molar-refractivity contribution in [3.8, 4) is 11.5 Å². The lowest BCUT2D eigenvalue weighted by Crippen LogP contribution is -2.36. The SMILES string of the molecule is CCn1nc(CO)c2c1CCN(C(=O)c1ccc3c(c1)OCO3)C2. The van der Waals surface area contributed by atoms with E-state index in [4.69, 9.17) is 9.47 Å². The van der Waals surface area contributed by atoms with Gasteiger partial charge in [-0.3, -0.25) is 9.48 Å². The largest absolute Gasteiger partial charge is 0.454 e. The number of aliphatic hydroxyl groups excluding tert-OH is 1. The molecule has 0 saturated carbocycles. The molecule has 1 N–H and O–H groups in total. The second kappa shape index (κ2) is 5.83. The monoisotopic (exact) mass is 329 g/mol. The molecular weight excluding hydrogens is 310 g/mol. The van der Waals surface area contributed by atoms with Gasteiger partial charge in [0.25, 0.3) is 5.91 Å². The van der Waals surface area contributed by atoms with E-state index >= 15 is 0 Å². The Morgan fingerprint density at radius 1 is 1.33 bits per heavy atom. The van der Waals surface area contributed by atoms with Crippen LogP contribution in [-0.4, -0.2) is 39.0 Å². The Morgan fingerprint density at radius 3 is 2.96 bits per heavy atom. The number of aliphatic hydroxyl groups is 1. The number of carbonyl (C=O) groups is 1. The van der Waals surface area contributed by atoms with Crippen molar-refractivity contribution >= 4 is 5.91 Å². The summed E-state index contributed by atoms with van der Waals surface area (Å²) in [4.78, 5) is 14.6. The molecule has 126 valence electrons. The Labute approximate surface area is 139 Å². The highest BCUT2D eigenvalue weighted by atomic mass is 16.7. The summed E-state index contributed by atoms with van der Waals surface area (Å²) in [5.41, 5.74) is 3.34. The number of aryl methyl sites for hydroxylation is 1. The molecule has 2 aliphatic rings. The highest BCUT2D eigenvalue weighted by Gasteiger charge is 2.28. The average molecular weight is 329 g/mol. The third kappa shape index (κ3) is 2.32. The van der Waals surface area contributed by atoms with Crippen molar-refractivity contribution in [3.05, 3.63) is 40.7 Å². The van der Waals surface area contributed by atoms with Crippen LogP contribution >= 0.6 is 0 Å². The minimum atomic E-state index is -0.110. The van der Waals surface area contributed by atoms with Crippen LogP contribution in [0.25, 0.3) is 0 Å². The van der Waals surface area contributed by atoms with Crippen molar-refractivity contribution in [2.24, 2.45) is 0 Å². The molecule has 0 radical (unpaired) electrons. The summed E-state index contributed by atoms with van der Waals surface area (Å²) in [5, 5.41) is 14.0. The van der Waals surface area contributed by atoms with Gasteiger partial charge < -0.3 is 19.5 Å². The fraction of sp³-hybridized carbons (Fsp3) is 0.412. The number of aromatic nitrogens is 2. The zero-order valence-electron chi connectivity index (χ0n) is 13.5. The first-order valence-corrected chi connectivity index (χ1v) is 8.08. The van der Waals surface area contributed by atoms with Gasteiger partial charge in [-0.15, -0.1) is 0 Å². The maximum atomic E-state index is 12.8. The summed E-state index contributed by atoms with van der Waals surface area (Å²) in [6.45, 7) is 3.98. The van der Waals surface area contributed by atoms with E-state index in [9.17, 15) is 9.90 Å². The molecule has 2 aromatic rings. The summed E-state index contributed by atoms with van der Waals surface area (Å²) in [7, 11) is 0. The second-order valence-electron chi connectivity index (χ2n) is 5.89. The molecule has 0 spiro atoms. The van der Waals surface area contributed by atoms with Crippen LogP contribution in [0.5, 0.6) is 11.5 Å². The quantitative estimate of drug-likeness (QED) is 0.919. The van der Waals surface area contributed by atoms with Crippen molar-refractivity contribution < 1.29 is 19.4 Å². The highest BCUT2D eigenvalue weighted by molar-refractivity contribution is 5.95. The predicted octanol–water partition coefficient (Wildman–Crippen LogP) is 1.32. The first-order valence-electron chi connectivity index (χ1n) is 8.08. The minimum Gasteiger partial charge on any atom is -0.454 e. The van der Waals surface area contributed by atoms with E-state index in [1.54, 1.807) is 23.1 Å². The van der Waals surface area contributed by atoms with Crippen LogP contribution in [0.15, 0.2) is 18.2 Å². The maximum absolute atomic E-state index is 12.8. The van der Waals surface area contributed by atoms with E-state index in [1.165, 1.54) is 0 Å². The summed E-state index contributed by atoms with van der Waals surface area (Å²) in [6, 6.07) is 5.25. The zero-order chi connectivity index (χ0) is 16.7. The normalized spacial score (nSPS) is 15.5. The fourth-order valence-corrected chi connectivity index (χ4v) is 3.34.